The SMILES string of the molecule is CN1CC2(C1)[C@@H](COc1ncccn1)CCS2(=O)=O. The number of sulfone groups is 1. The van der Waals surface area contributed by atoms with Gasteiger partial charge in [-0.05, 0) is 19.5 Å². The van der Waals surface area contributed by atoms with Crippen LogP contribution in [0.3, 0.4) is 0 Å². The lowest BCUT2D eigenvalue weighted by Gasteiger charge is -2.48. The molecular formula is C12H17N3O3S. The average molecular weight is 283 g/mol. The zero-order valence-electron chi connectivity index (χ0n) is 10.8. The van der Waals surface area contributed by atoms with E-state index in [-0.39, 0.29) is 11.7 Å². The molecule has 0 aromatic carbocycles. The molecule has 1 spiro atoms. The predicted molar refractivity (Wildman–Crippen MR) is 69.6 cm³/mol. The van der Waals surface area contributed by atoms with Crippen LogP contribution in [0.5, 0.6) is 6.01 Å². The molecular weight excluding hydrogens is 266 g/mol. The van der Waals surface area contributed by atoms with E-state index in [0.717, 1.165) is 0 Å². The monoisotopic (exact) mass is 283 g/mol. The third-order valence-electron chi connectivity index (χ3n) is 4.13. The summed E-state index contributed by atoms with van der Waals surface area (Å²) in [7, 11) is -1.06. The maximum Gasteiger partial charge on any atom is 0.316 e. The summed E-state index contributed by atoms with van der Waals surface area (Å²) in [6, 6.07) is 2.03. The largest absolute Gasteiger partial charge is 0.463 e. The Morgan fingerprint density at radius 2 is 2.11 bits per heavy atom. The molecule has 1 atom stereocenters. The first-order valence-corrected chi connectivity index (χ1v) is 7.99. The van der Waals surface area contributed by atoms with E-state index >= 15 is 0 Å². The summed E-state index contributed by atoms with van der Waals surface area (Å²) in [5.74, 6) is 0.308. The number of aromatic nitrogens is 2. The molecule has 3 rings (SSSR count). The lowest BCUT2D eigenvalue weighted by atomic mass is 9.84. The van der Waals surface area contributed by atoms with Gasteiger partial charge in [0.2, 0.25) is 0 Å². The highest BCUT2D eigenvalue weighted by molar-refractivity contribution is 7.93. The number of hydrogen-bond donors (Lipinski definition) is 0. The summed E-state index contributed by atoms with van der Waals surface area (Å²) in [5, 5.41) is 0. The smallest absolute Gasteiger partial charge is 0.316 e. The van der Waals surface area contributed by atoms with Crippen molar-refractivity contribution in [1.82, 2.24) is 14.9 Å². The Hall–Kier alpha value is -1.21. The first kappa shape index (κ1) is 12.8. The molecule has 0 unspecified atom stereocenters. The fourth-order valence-electron chi connectivity index (χ4n) is 3.11. The highest BCUT2D eigenvalue weighted by Gasteiger charge is 2.60. The Bertz CT molecular complexity index is 555. The number of hydrogen-bond acceptors (Lipinski definition) is 6. The van der Waals surface area contributed by atoms with Crippen LogP contribution in [0.1, 0.15) is 6.42 Å². The van der Waals surface area contributed by atoms with E-state index in [0.29, 0.717) is 32.1 Å². The second kappa shape index (κ2) is 4.42. The normalized spacial score (nSPS) is 28.2. The van der Waals surface area contributed by atoms with Gasteiger partial charge in [0.1, 0.15) is 4.75 Å². The minimum absolute atomic E-state index is 0.0394. The van der Waals surface area contributed by atoms with E-state index in [1.807, 2.05) is 11.9 Å². The quantitative estimate of drug-likeness (QED) is 0.776. The molecule has 0 N–H and O–H groups in total. The van der Waals surface area contributed by atoms with Crippen LogP contribution in [0.4, 0.5) is 0 Å². The third kappa shape index (κ3) is 2.01. The highest BCUT2D eigenvalue weighted by Crippen LogP contribution is 2.44. The van der Waals surface area contributed by atoms with E-state index in [4.69, 9.17) is 4.74 Å². The van der Waals surface area contributed by atoms with Gasteiger partial charge in [-0.3, -0.25) is 0 Å². The molecule has 6 nitrogen and oxygen atoms in total. The summed E-state index contributed by atoms with van der Waals surface area (Å²) >= 11 is 0. The zero-order chi connectivity index (χ0) is 13.5. The van der Waals surface area contributed by atoms with Gasteiger partial charge in [0, 0.05) is 31.4 Å². The van der Waals surface area contributed by atoms with Crippen LogP contribution in [0, 0.1) is 5.92 Å². The first-order chi connectivity index (χ1) is 9.03. The zero-order valence-corrected chi connectivity index (χ0v) is 11.6. The third-order valence-corrected chi connectivity index (χ3v) is 6.73. The van der Waals surface area contributed by atoms with Crippen molar-refractivity contribution in [3.8, 4) is 6.01 Å². The predicted octanol–water partition coefficient (Wildman–Crippen LogP) is -0.0257. The topological polar surface area (TPSA) is 72.4 Å². The lowest BCUT2D eigenvalue weighted by molar-refractivity contribution is 0.0841. The second-order valence-corrected chi connectivity index (χ2v) is 7.83. The molecule has 0 saturated carbocycles. The van der Waals surface area contributed by atoms with Crippen molar-refractivity contribution >= 4 is 9.84 Å². The van der Waals surface area contributed by atoms with Gasteiger partial charge in [-0.2, -0.15) is 0 Å². The van der Waals surface area contributed by atoms with Gasteiger partial charge in [-0.1, -0.05) is 0 Å². The molecule has 2 aliphatic heterocycles. The van der Waals surface area contributed by atoms with Gasteiger partial charge in [0.15, 0.2) is 9.84 Å². The molecule has 2 saturated heterocycles. The summed E-state index contributed by atoms with van der Waals surface area (Å²) in [6.07, 6.45) is 3.89. The number of ether oxygens (including phenoxy) is 1. The molecule has 0 aliphatic carbocycles. The van der Waals surface area contributed by atoms with Crippen molar-refractivity contribution < 1.29 is 13.2 Å². The lowest BCUT2D eigenvalue weighted by Crippen LogP contribution is -2.66. The average Bonchev–Trinajstić information content (AvgIpc) is 2.61. The molecule has 7 heteroatoms. The minimum Gasteiger partial charge on any atom is -0.463 e. The van der Waals surface area contributed by atoms with E-state index < -0.39 is 14.6 Å². The number of rotatable bonds is 3. The highest BCUT2D eigenvalue weighted by atomic mass is 32.2. The number of likely N-dealkylation sites (tertiary alicyclic amines) is 1. The van der Waals surface area contributed by atoms with Crippen molar-refractivity contribution in [3.05, 3.63) is 18.5 Å². The van der Waals surface area contributed by atoms with Gasteiger partial charge >= 0.3 is 6.01 Å². The van der Waals surface area contributed by atoms with Gasteiger partial charge in [0.05, 0.1) is 12.4 Å². The Balaban J connectivity index is 1.72. The maximum atomic E-state index is 12.2. The molecule has 2 fully saturated rings. The van der Waals surface area contributed by atoms with Crippen LogP contribution in [0.25, 0.3) is 0 Å². The van der Waals surface area contributed by atoms with Crippen LogP contribution in [0.2, 0.25) is 0 Å². The molecule has 0 radical (unpaired) electrons. The molecule has 19 heavy (non-hydrogen) atoms. The van der Waals surface area contributed by atoms with E-state index in [2.05, 4.69) is 9.97 Å². The standard InChI is InChI=1S/C12H17N3O3S/c1-15-8-12(9-15)10(3-6-19(12,16)17)7-18-11-13-4-2-5-14-11/h2,4-5,10H,3,6-9H2,1H3/t10-/m1/s1. The molecule has 1 aromatic rings. The molecule has 3 heterocycles. The summed E-state index contributed by atoms with van der Waals surface area (Å²) in [4.78, 5) is 10.0. The van der Waals surface area contributed by atoms with E-state index in [1.165, 1.54) is 0 Å². The van der Waals surface area contributed by atoms with Gasteiger partial charge in [0.25, 0.3) is 0 Å². The Morgan fingerprint density at radius 3 is 2.74 bits per heavy atom. The van der Waals surface area contributed by atoms with Crippen molar-refractivity contribution in [1.29, 1.82) is 0 Å². The molecule has 1 aromatic heterocycles. The fraction of sp³-hybridized carbons (Fsp3) is 0.667. The van der Waals surface area contributed by atoms with E-state index in [1.54, 1.807) is 18.5 Å². The van der Waals surface area contributed by atoms with Crippen LogP contribution in [-0.4, -0.2) is 60.5 Å². The van der Waals surface area contributed by atoms with Crippen LogP contribution in [0.15, 0.2) is 18.5 Å². The molecule has 0 bridgehead atoms. The maximum absolute atomic E-state index is 12.2. The van der Waals surface area contributed by atoms with E-state index in [9.17, 15) is 8.42 Å². The Kier molecular flexibility index (Phi) is 2.98. The summed E-state index contributed by atoms with van der Waals surface area (Å²) in [5.41, 5.74) is 0. The van der Waals surface area contributed by atoms with Crippen molar-refractivity contribution in [2.24, 2.45) is 5.92 Å². The minimum atomic E-state index is -3.00. The van der Waals surface area contributed by atoms with Crippen LogP contribution in [-0.2, 0) is 9.84 Å². The second-order valence-electron chi connectivity index (χ2n) is 5.38. The fourth-order valence-corrected chi connectivity index (χ4v) is 5.64. The summed E-state index contributed by atoms with van der Waals surface area (Å²) < 4.78 is 29.4. The molecule has 0 amide bonds. The first-order valence-electron chi connectivity index (χ1n) is 6.34. The van der Waals surface area contributed by atoms with Crippen molar-refractivity contribution in [3.63, 3.8) is 0 Å². The Morgan fingerprint density at radius 1 is 1.42 bits per heavy atom. The van der Waals surface area contributed by atoms with Crippen molar-refractivity contribution in [2.75, 3.05) is 32.5 Å². The van der Waals surface area contributed by atoms with Crippen molar-refractivity contribution in [2.45, 2.75) is 11.2 Å². The molecule has 2 aliphatic rings. The van der Waals surface area contributed by atoms with Gasteiger partial charge < -0.3 is 9.64 Å². The number of nitrogens with zero attached hydrogens (tertiary/aromatic N) is 3. The van der Waals surface area contributed by atoms with Gasteiger partial charge in [-0.25, -0.2) is 18.4 Å². The van der Waals surface area contributed by atoms with Crippen LogP contribution < -0.4 is 4.74 Å². The summed E-state index contributed by atoms with van der Waals surface area (Å²) in [6.45, 7) is 1.59. The Labute approximate surface area is 112 Å². The van der Waals surface area contributed by atoms with Gasteiger partial charge in [-0.15, -0.1) is 0 Å². The molecule has 104 valence electrons. The van der Waals surface area contributed by atoms with Crippen LogP contribution >= 0.6 is 0 Å².